The van der Waals surface area contributed by atoms with Gasteiger partial charge in [0.25, 0.3) is 0 Å². The first-order chi connectivity index (χ1) is 8.83. The van der Waals surface area contributed by atoms with Crippen LogP contribution in [0.2, 0.25) is 0 Å². The first-order valence-electron chi connectivity index (χ1n) is 7.17. The number of ether oxygens (including phenoxy) is 1. The number of hydrogen-bond acceptors (Lipinski definition) is 2. The summed E-state index contributed by atoms with van der Waals surface area (Å²) in [5.41, 5.74) is 1.42. The van der Waals surface area contributed by atoms with E-state index in [0.717, 1.165) is 12.8 Å². The van der Waals surface area contributed by atoms with Crippen LogP contribution in [-0.4, -0.2) is 19.3 Å². The fraction of sp³-hybridized carbons (Fsp3) is 0.625. The molecule has 0 radical (unpaired) electrons. The van der Waals surface area contributed by atoms with Crippen LogP contribution in [0.15, 0.2) is 30.3 Å². The molecule has 0 bridgehead atoms. The molecule has 1 fully saturated rings. The predicted molar refractivity (Wildman–Crippen MR) is 75.7 cm³/mol. The van der Waals surface area contributed by atoms with Crippen molar-refractivity contribution in [1.29, 1.82) is 0 Å². The zero-order valence-corrected chi connectivity index (χ0v) is 11.6. The molecule has 0 heterocycles. The van der Waals surface area contributed by atoms with E-state index in [0.29, 0.717) is 18.2 Å². The molecule has 1 atom stereocenters. The maximum absolute atomic E-state index is 5.34. The molecule has 0 aliphatic heterocycles. The molecule has 2 heteroatoms. The fourth-order valence-corrected chi connectivity index (χ4v) is 2.62. The number of unbranched alkanes of at least 4 members (excludes halogenated alkanes) is 1. The molecule has 1 N–H and O–H groups in total. The summed E-state index contributed by atoms with van der Waals surface area (Å²) in [4.78, 5) is 0. The Morgan fingerprint density at radius 2 is 2.00 bits per heavy atom. The largest absolute Gasteiger partial charge is 0.381 e. The second-order valence-electron chi connectivity index (χ2n) is 5.30. The molecule has 0 aromatic heterocycles. The number of methoxy groups -OCH3 is 1. The molecule has 1 aromatic carbocycles. The van der Waals surface area contributed by atoms with Gasteiger partial charge in [0.1, 0.15) is 0 Å². The highest BCUT2D eigenvalue weighted by Crippen LogP contribution is 2.27. The highest BCUT2D eigenvalue weighted by atomic mass is 16.5. The van der Waals surface area contributed by atoms with E-state index in [1.54, 1.807) is 0 Å². The summed E-state index contributed by atoms with van der Waals surface area (Å²) in [7, 11) is 1.81. The van der Waals surface area contributed by atoms with Gasteiger partial charge in [-0.3, -0.25) is 0 Å². The summed E-state index contributed by atoms with van der Waals surface area (Å²) in [6.07, 6.45) is 6.57. The lowest BCUT2D eigenvalue weighted by Crippen LogP contribution is -2.46. The number of nitrogens with one attached hydrogen (secondary N) is 1. The van der Waals surface area contributed by atoms with Crippen molar-refractivity contribution in [2.45, 2.75) is 57.2 Å². The number of hydrogen-bond donors (Lipinski definition) is 1. The quantitative estimate of drug-likeness (QED) is 0.793. The van der Waals surface area contributed by atoms with Gasteiger partial charge in [0.2, 0.25) is 0 Å². The van der Waals surface area contributed by atoms with Crippen LogP contribution < -0.4 is 5.32 Å². The summed E-state index contributed by atoms with van der Waals surface area (Å²) >= 11 is 0. The first kappa shape index (κ1) is 13.6. The van der Waals surface area contributed by atoms with Gasteiger partial charge in [-0.15, -0.1) is 0 Å². The summed E-state index contributed by atoms with van der Waals surface area (Å²) in [5.74, 6) is 0. The predicted octanol–water partition coefficient (Wildman–Crippen LogP) is 3.68. The van der Waals surface area contributed by atoms with Crippen molar-refractivity contribution in [3.8, 4) is 0 Å². The van der Waals surface area contributed by atoms with Gasteiger partial charge in [-0.1, -0.05) is 50.1 Å². The summed E-state index contributed by atoms with van der Waals surface area (Å²) in [6.45, 7) is 2.26. The van der Waals surface area contributed by atoms with E-state index >= 15 is 0 Å². The summed E-state index contributed by atoms with van der Waals surface area (Å²) < 4.78 is 5.34. The van der Waals surface area contributed by atoms with E-state index in [-0.39, 0.29) is 0 Å². The third-order valence-electron chi connectivity index (χ3n) is 3.91. The second-order valence-corrected chi connectivity index (χ2v) is 5.30. The normalized spacial score (nSPS) is 24.6. The molecular formula is C16H25NO. The van der Waals surface area contributed by atoms with Crippen LogP contribution in [0.1, 0.15) is 50.6 Å². The average Bonchev–Trinajstić information content (AvgIpc) is 2.37. The van der Waals surface area contributed by atoms with Crippen LogP contribution in [0.5, 0.6) is 0 Å². The minimum Gasteiger partial charge on any atom is -0.381 e. The van der Waals surface area contributed by atoms with E-state index in [1.165, 1.54) is 24.8 Å². The molecule has 1 saturated carbocycles. The maximum Gasteiger partial charge on any atom is 0.0601 e. The molecular weight excluding hydrogens is 222 g/mol. The molecule has 1 unspecified atom stereocenters. The molecule has 0 amide bonds. The molecule has 2 rings (SSSR count). The highest BCUT2D eigenvalue weighted by molar-refractivity contribution is 5.19. The van der Waals surface area contributed by atoms with E-state index in [2.05, 4.69) is 42.6 Å². The Balaban J connectivity index is 1.89. The van der Waals surface area contributed by atoms with Crippen molar-refractivity contribution in [1.82, 2.24) is 5.32 Å². The molecule has 18 heavy (non-hydrogen) atoms. The molecule has 2 nitrogen and oxygen atoms in total. The molecule has 0 spiro atoms. The lowest BCUT2D eigenvalue weighted by Gasteiger charge is -2.37. The molecule has 100 valence electrons. The lowest BCUT2D eigenvalue weighted by molar-refractivity contribution is 0.0137. The maximum atomic E-state index is 5.34. The third-order valence-corrected chi connectivity index (χ3v) is 3.91. The van der Waals surface area contributed by atoms with Gasteiger partial charge < -0.3 is 10.1 Å². The van der Waals surface area contributed by atoms with Crippen LogP contribution >= 0.6 is 0 Å². The van der Waals surface area contributed by atoms with Gasteiger partial charge in [-0.25, -0.2) is 0 Å². The van der Waals surface area contributed by atoms with Gasteiger partial charge in [0, 0.05) is 19.2 Å². The minimum absolute atomic E-state index is 0.477. The van der Waals surface area contributed by atoms with Crippen molar-refractivity contribution in [3.63, 3.8) is 0 Å². The third kappa shape index (κ3) is 3.56. The van der Waals surface area contributed by atoms with Crippen LogP contribution in [0.4, 0.5) is 0 Å². The van der Waals surface area contributed by atoms with Gasteiger partial charge >= 0.3 is 0 Å². The van der Waals surface area contributed by atoms with E-state index in [9.17, 15) is 0 Å². The Labute approximate surface area is 111 Å². The highest BCUT2D eigenvalue weighted by Gasteiger charge is 2.30. The van der Waals surface area contributed by atoms with E-state index < -0.39 is 0 Å². The van der Waals surface area contributed by atoms with Crippen molar-refractivity contribution in [3.05, 3.63) is 35.9 Å². The summed E-state index contributed by atoms with van der Waals surface area (Å²) in [5, 5.41) is 3.79. The van der Waals surface area contributed by atoms with Crippen molar-refractivity contribution in [2.24, 2.45) is 0 Å². The Kier molecular flexibility index (Phi) is 5.21. The first-order valence-corrected chi connectivity index (χ1v) is 7.17. The van der Waals surface area contributed by atoms with Gasteiger partial charge in [-0.05, 0) is 24.8 Å². The Bertz CT molecular complexity index is 332. The second kappa shape index (κ2) is 6.91. The Morgan fingerprint density at radius 1 is 1.28 bits per heavy atom. The van der Waals surface area contributed by atoms with Crippen LogP contribution in [0.3, 0.4) is 0 Å². The minimum atomic E-state index is 0.477. The van der Waals surface area contributed by atoms with E-state index in [4.69, 9.17) is 4.74 Å². The van der Waals surface area contributed by atoms with Gasteiger partial charge in [-0.2, -0.15) is 0 Å². The molecule has 1 aromatic rings. The smallest absolute Gasteiger partial charge is 0.0601 e. The molecule has 1 aliphatic carbocycles. The zero-order chi connectivity index (χ0) is 12.8. The Morgan fingerprint density at radius 3 is 2.61 bits per heavy atom. The Hall–Kier alpha value is -0.860. The standard InChI is InChI=1S/C16H25NO/c1-3-4-10-16(13-8-6-5-7-9-13)17-14-11-15(12-14)18-2/h5-9,14-17H,3-4,10-12H2,1-2H3. The topological polar surface area (TPSA) is 21.3 Å². The van der Waals surface area contributed by atoms with Crippen molar-refractivity contribution in [2.75, 3.05) is 7.11 Å². The SMILES string of the molecule is CCCCC(NC1CC(OC)C1)c1ccccc1. The monoisotopic (exact) mass is 247 g/mol. The van der Waals surface area contributed by atoms with Crippen LogP contribution in [0.25, 0.3) is 0 Å². The van der Waals surface area contributed by atoms with Crippen molar-refractivity contribution >= 4 is 0 Å². The zero-order valence-electron chi connectivity index (χ0n) is 11.6. The van der Waals surface area contributed by atoms with Gasteiger partial charge in [0.05, 0.1) is 6.10 Å². The lowest BCUT2D eigenvalue weighted by atomic mass is 9.87. The number of rotatable bonds is 7. The summed E-state index contributed by atoms with van der Waals surface area (Å²) in [6, 6.07) is 12.0. The van der Waals surface area contributed by atoms with Gasteiger partial charge in [0.15, 0.2) is 0 Å². The molecule has 1 aliphatic rings. The molecule has 0 saturated heterocycles. The van der Waals surface area contributed by atoms with Crippen LogP contribution in [0, 0.1) is 0 Å². The van der Waals surface area contributed by atoms with E-state index in [1.807, 2.05) is 7.11 Å². The number of benzene rings is 1. The fourth-order valence-electron chi connectivity index (χ4n) is 2.62. The average molecular weight is 247 g/mol. The van der Waals surface area contributed by atoms with Crippen LogP contribution in [-0.2, 0) is 4.74 Å². The van der Waals surface area contributed by atoms with Crippen molar-refractivity contribution < 1.29 is 4.74 Å².